The minimum atomic E-state index is 0.0784. The second-order valence-corrected chi connectivity index (χ2v) is 9.47. The van der Waals surface area contributed by atoms with Crippen molar-refractivity contribution in [2.24, 2.45) is 5.41 Å². The summed E-state index contributed by atoms with van der Waals surface area (Å²) >= 11 is 7.19. The van der Waals surface area contributed by atoms with E-state index in [0.29, 0.717) is 5.41 Å². The predicted octanol–water partition coefficient (Wildman–Crippen LogP) is 6.30. The number of hydrogen-bond donors (Lipinski definition) is 1. The van der Waals surface area contributed by atoms with Gasteiger partial charge in [0.15, 0.2) is 0 Å². The molecule has 22 heavy (non-hydrogen) atoms. The lowest BCUT2D eigenvalue weighted by Gasteiger charge is -2.33. The zero-order valence-electron chi connectivity index (χ0n) is 14.6. The van der Waals surface area contributed by atoms with Gasteiger partial charge in [-0.05, 0) is 60.2 Å². The van der Waals surface area contributed by atoms with Crippen LogP contribution in [0.25, 0.3) is 0 Å². The molecule has 1 rings (SSSR count). The molecule has 0 bridgehead atoms. The molecule has 0 spiro atoms. The zero-order valence-corrected chi connectivity index (χ0v) is 17.8. The average molecular weight is 435 g/mol. The number of nitrogens with one attached hydrogen (secondary N) is 1. The number of hydrogen-bond acceptors (Lipinski definition) is 2. The van der Waals surface area contributed by atoms with Crippen molar-refractivity contribution in [2.75, 3.05) is 6.61 Å². The van der Waals surface area contributed by atoms with Crippen LogP contribution in [0.4, 0.5) is 0 Å². The fourth-order valence-corrected chi connectivity index (χ4v) is 4.26. The van der Waals surface area contributed by atoms with E-state index >= 15 is 0 Å². The molecule has 0 amide bonds. The van der Waals surface area contributed by atoms with E-state index < -0.39 is 0 Å². The lowest BCUT2D eigenvalue weighted by Crippen LogP contribution is -2.41. The normalized spacial score (nSPS) is 12.5. The van der Waals surface area contributed by atoms with Crippen LogP contribution in [-0.2, 0) is 6.54 Å². The largest absolute Gasteiger partial charge is 0.492 e. The highest BCUT2D eigenvalue weighted by Crippen LogP contribution is 2.34. The lowest BCUT2D eigenvalue weighted by atomic mass is 9.82. The molecule has 0 saturated carbocycles. The maximum Gasteiger partial charge on any atom is 0.138 e. The van der Waals surface area contributed by atoms with E-state index in [9.17, 15) is 0 Å². The summed E-state index contributed by atoms with van der Waals surface area (Å²) in [5.74, 6) is 0.948. The molecule has 0 aromatic heterocycles. The fraction of sp³-hybridized carbons (Fsp3) is 0.667. The van der Waals surface area contributed by atoms with Crippen molar-refractivity contribution >= 4 is 31.9 Å². The molecule has 4 heteroatoms. The molecule has 0 fully saturated rings. The Morgan fingerprint density at radius 1 is 1.09 bits per heavy atom. The summed E-state index contributed by atoms with van der Waals surface area (Å²) in [4.78, 5) is 0. The third kappa shape index (κ3) is 7.01. The predicted molar refractivity (Wildman–Crippen MR) is 103 cm³/mol. The molecule has 0 heterocycles. The summed E-state index contributed by atoms with van der Waals surface area (Å²) in [7, 11) is 0. The maximum absolute atomic E-state index is 5.93. The summed E-state index contributed by atoms with van der Waals surface area (Å²) in [6.45, 7) is 15.0. The molecular weight excluding hydrogens is 406 g/mol. The van der Waals surface area contributed by atoms with Gasteiger partial charge in [-0.15, -0.1) is 0 Å². The van der Waals surface area contributed by atoms with Gasteiger partial charge in [-0.3, -0.25) is 0 Å². The highest BCUT2D eigenvalue weighted by Gasteiger charge is 2.25. The van der Waals surface area contributed by atoms with Crippen LogP contribution in [0.2, 0.25) is 0 Å². The number of halogens is 2. The number of rotatable bonds is 7. The van der Waals surface area contributed by atoms with Crippen molar-refractivity contribution in [3.8, 4) is 5.75 Å². The number of ether oxygens (including phenoxy) is 1. The van der Waals surface area contributed by atoms with Crippen LogP contribution in [0.15, 0.2) is 21.1 Å². The van der Waals surface area contributed by atoms with Gasteiger partial charge >= 0.3 is 0 Å². The average Bonchev–Trinajstić information content (AvgIpc) is 2.32. The summed E-state index contributed by atoms with van der Waals surface area (Å²) in [5, 5.41) is 3.68. The summed E-state index contributed by atoms with van der Waals surface area (Å²) in [5.41, 5.74) is 1.56. The quantitative estimate of drug-likeness (QED) is 0.543. The monoisotopic (exact) mass is 433 g/mol. The van der Waals surface area contributed by atoms with Gasteiger partial charge in [0, 0.05) is 22.1 Å². The number of benzene rings is 1. The Bertz CT molecular complexity index is 493. The minimum absolute atomic E-state index is 0.0784. The van der Waals surface area contributed by atoms with E-state index in [0.717, 1.165) is 40.7 Å². The van der Waals surface area contributed by atoms with Gasteiger partial charge in [-0.1, -0.05) is 43.6 Å². The molecule has 1 N–H and O–H groups in total. The minimum Gasteiger partial charge on any atom is -0.492 e. The summed E-state index contributed by atoms with van der Waals surface area (Å²) in [6, 6.07) is 4.17. The molecule has 0 aliphatic rings. The Balaban J connectivity index is 2.88. The van der Waals surface area contributed by atoms with E-state index in [1.807, 2.05) is 6.07 Å². The zero-order chi connectivity index (χ0) is 17.0. The van der Waals surface area contributed by atoms with E-state index in [4.69, 9.17) is 4.74 Å². The van der Waals surface area contributed by atoms with Gasteiger partial charge < -0.3 is 10.1 Å². The van der Waals surface area contributed by atoms with Crippen molar-refractivity contribution in [3.05, 3.63) is 26.6 Å². The van der Waals surface area contributed by atoms with Crippen LogP contribution < -0.4 is 10.1 Å². The van der Waals surface area contributed by atoms with Crippen molar-refractivity contribution < 1.29 is 4.74 Å². The molecule has 0 aliphatic carbocycles. The van der Waals surface area contributed by atoms with E-state index in [1.165, 1.54) is 5.56 Å². The van der Waals surface area contributed by atoms with E-state index in [1.54, 1.807) is 0 Å². The second kappa shape index (κ2) is 8.16. The molecule has 0 aliphatic heterocycles. The first kappa shape index (κ1) is 20.0. The molecule has 0 unspecified atom stereocenters. The van der Waals surface area contributed by atoms with Gasteiger partial charge in [-0.25, -0.2) is 0 Å². The molecule has 0 atom stereocenters. The molecule has 0 saturated heterocycles. The third-order valence-electron chi connectivity index (χ3n) is 3.27. The van der Waals surface area contributed by atoms with Crippen LogP contribution >= 0.6 is 31.9 Å². The van der Waals surface area contributed by atoms with Crippen LogP contribution in [0, 0.1) is 5.41 Å². The Kier molecular flexibility index (Phi) is 7.41. The fourth-order valence-electron chi connectivity index (χ4n) is 2.83. The van der Waals surface area contributed by atoms with Crippen molar-refractivity contribution in [3.63, 3.8) is 0 Å². The van der Waals surface area contributed by atoms with Gasteiger partial charge in [0.2, 0.25) is 0 Å². The standard InChI is InChI=1S/C18H29Br2NO/c1-7-8-22-16-13(9-14(19)10-15(16)20)11-21-18(5,6)12-17(2,3)4/h9-10,21H,7-8,11-12H2,1-6H3. The molecule has 2 nitrogen and oxygen atoms in total. The first-order valence-electron chi connectivity index (χ1n) is 7.90. The van der Waals surface area contributed by atoms with Crippen molar-refractivity contribution in [2.45, 2.75) is 66.5 Å². The third-order valence-corrected chi connectivity index (χ3v) is 4.31. The molecule has 126 valence electrons. The Labute approximate surface area is 152 Å². The topological polar surface area (TPSA) is 21.3 Å². The Morgan fingerprint density at radius 3 is 2.27 bits per heavy atom. The smallest absolute Gasteiger partial charge is 0.138 e. The highest BCUT2D eigenvalue weighted by atomic mass is 79.9. The summed E-state index contributed by atoms with van der Waals surface area (Å²) < 4.78 is 7.99. The molecule has 1 aromatic carbocycles. The van der Waals surface area contributed by atoms with Crippen LogP contribution in [0.1, 0.15) is 59.9 Å². The molecule has 0 radical (unpaired) electrons. The summed E-state index contributed by atoms with van der Waals surface area (Å²) in [6.07, 6.45) is 2.12. The maximum atomic E-state index is 5.93. The first-order valence-corrected chi connectivity index (χ1v) is 9.48. The Morgan fingerprint density at radius 2 is 1.73 bits per heavy atom. The van der Waals surface area contributed by atoms with E-state index in [2.05, 4.69) is 84.8 Å². The van der Waals surface area contributed by atoms with Gasteiger partial charge in [0.1, 0.15) is 5.75 Å². The van der Waals surface area contributed by atoms with Crippen LogP contribution in [-0.4, -0.2) is 12.1 Å². The molecule has 1 aromatic rings. The van der Waals surface area contributed by atoms with Gasteiger partial charge in [0.25, 0.3) is 0 Å². The van der Waals surface area contributed by atoms with E-state index in [-0.39, 0.29) is 5.54 Å². The van der Waals surface area contributed by atoms with Gasteiger partial charge in [0.05, 0.1) is 11.1 Å². The van der Waals surface area contributed by atoms with Crippen molar-refractivity contribution in [1.82, 2.24) is 5.32 Å². The van der Waals surface area contributed by atoms with Crippen LogP contribution in [0.3, 0.4) is 0 Å². The highest BCUT2D eigenvalue weighted by molar-refractivity contribution is 9.11. The lowest BCUT2D eigenvalue weighted by molar-refractivity contribution is 0.239. The SMILES string of the molecule is CCCOc1c(Br)cc(Br)cc1CNC(C)(C)CC(C)(C)C. The molecular formula is C18H29Br2NO. The van der Waals surface area contributed by atoms with Gasteiger partial charge in [-0.2, -0.15) is 0 Å². The Hall–Kier alpha value is -0.0600. The second-order valence-electron chi connectivity index (χ2n) is 7.70. The first-order chi connectivity index (χ1) is 10.0. The van der Waals surface area contributed by atoms with Crippen LogP contribution in [0.5, 0.6) is 5.75 Å². The van der Waals surface area contributed by atoms with Crippen molar-refractivity contribution in [1.29, 1.82) is 0 Å².